The van der Waals surface area contributed by atoms with Gasteiger partial charge in [0.1, 0.15) is 0 Å². The fraction of sp³-hybridized carbons (Fsp3) is 0.600. The SMILES string of the molecule is CCNC(=NCc1ccc(Br)cc1C)NC1CCN(C(=O)C(C)C)CC1. The summed E-state index contributed by atoms with van der Waals surface area (Å²) >= 11 is 3.50. The second kappa shape index (κ2) is 9.95. The van der Waals surface area contributed by atoms with Gasteiger partial charge in [-0.1, -0.05) is 35.8 Å². The lowest BCUT2D eigenvalue weighted by molar-refractivity contribution is -0.135. The van der Waals surface area contributed by atoms with Crippen molar-refractivity contribution in [3.63, 3.8) is 0 Å². The lowest BCUT2D eigenvalue weighted by atomic mass is 10.0. The van der Waals surface area contributed by atoms with Gasteiger partial charge in [-0.15, -0.1) is 0 Å². The van der Waals surface area contributed by atoms with Gasteiger partial charge >= 0.3 is 0 Å². The minimum absolute atomic E-state index is 0.0764. The Bertz CT molecular complexity index is 637. The number of nitrogens with zero attached hydrogens (tertiary/aromatic N) is 2. The quantitative estimate of drug-likeness (QED) is 0.564. The van der Waals surface area contributed by atoms with E-state index in [9.17, 15) is 4.79 Å². The average molecular weight is 423 g/mol. The van der Waals surface area contributed by atoms with E-state index < -0.39 is 0 Å². The Labute approximate surface area is 165 Å². The number of nitrogens with one attached hydrogen (secondary N) is 2. The lowest BCUT2D eigenvalue weighted by Crippen LogP contribution is -2.50. The predicted molar refractivity (Wildman–Crippen MR) is 111 cm³/mol. The molecule has 1 fully saturated rings. The summed E-state index contributed by atoms with van der Waals surface area (Å²) < 4.78 is 1.09. The van der Waals surface area contributed by atoms with Crippen LogP contribution in [0.1, 0.15) is 44.7 Å². The van der Waals surface area contributed by atoms with Crippen LogP contribution in [-0.4, -0.2) is 42.4 Å². The number of halogens is 1. The average Bonchev–Trinajstić information content (AvgIpc) is 2.61. The summed E-state index contributed by atoms with van der Waals surface area (Å²) in [6.07, 6.45) is 1.92. The number of piperidine rings is 1. The van der Waals surface area contributed by atoms with Crippen LogP contribution in [0.5, 0.6) is 0 Å². The first kappa shape index (κ1) is 20.7. The Balaban J connectivity index is 1.93. The maximum atomic E-state index is 12.1. The van der Waals surface area contributed by atoms with Crippen LogP contribution in [0.2, 0.25) is 0 Å². The van der Waals surface area contributed by atoms with Gasteiger partial charge in [0.05, 0.1) is 6.54 Å². The molecule has 0 aliphatic carbocycles. The Hall–Kier alpha value is -1.56. The molecule has 1 aliphatic heterocycles. The number of aliphatic imine (C=N–C) groups is 1. The van der Waals surface area contributed by atoms with Crippen LogP contribution >= 0.6 is 15.9 Å². The summed E-state index contributed by atoms with van der Waals surface area (Å²) in [7, 11) is 0. The van der Waals surface area contributed by atoms with Gasteiger partial charge in [0.2, 0.25) is 5.91 Å². The molecular weight excluding hydrogens is 392 g/mol. The van der Waals surface area contributed by atoms with Gasteiger partial charge in [-0.25, -0.2) is 4.99 Å². The molecule has 1 aromatic rings. The Kier molecular flexibility index (Phi) is 7.94. The Morgan fingerprint density at radius 2 is 2.04 bits per heavy atom. The van der Waals surface area contributed by atoms with Gasteiger partial charge in [0.25, 0.3) is 0 Å². The van der Waals surface area contributed by atoms with Crippen LogP contribution < -0.4 is 10.6 Å². The molecule has 0 saturated carbocycles. The molecule has 2 N–H and O–H groups in total. The van der Waals surface area contributed by atoms with Crippen LogP contribution in [0.4, 0.5) is 0 Å². The topological polar surface area (TPSA) is 56.7 Å². The molecule has 0 spiro atoms. The van der Waals surface area contributed by atoms with E-state index in [1.165, 1.54) is 11.1 Å². The molecule has 2 rings (SSSR count). The number of benzene rings is 1. The van der Waals surface area contributed by atoms with Crippen LogP contribution in [0.3, 0.4) is 0 Å². The first-order chi connectivity index (χ1) is 12.4. The van der Waals surface area contributed by atoms with Crippen molar-refractivity contribution < 1.29 is 4.79 Å². The normalized spacial score (nSPS) is 16.1. The van der Waals surface area contributed by atoms with E-state index >= 15 is 0 Å². The molecule has 144 valence electrons. The summed E-state index contributed by atoms with van der Waals surface area (Å²) in [4.78, 5) is 18.8. The molecule has 5 nitrogen and oxygen atoms in total. The number of amides is 1. The Morgan fingerprint density at radius 1 is 1.35 bits per heavy atom. The van der Waals surface area contributed by atoms with Gasteiger partial charge in [-0.3, -0.25) is 4.79 Å². The van der Waals surface area contributed by atoms with E-state index in [1.54, 1.807) is 0 Å². The molecule has 1 aromatic carbocycles. The first-order valence-corrected chi connectivity index (χ1v) is 10.3. The monoisotopic (exact) mass is 422 g/mol. The summed E-state index contributed by atoms with van der Waals surface area (Å²) in [5.74, 6) is 1.19. The van der Waals surface area contributed by atoms with E-state index in [-0.39, 0.29) is 11.8 Å². The zero-order valence-corrected chi connectivity index (χ0v) is 17.9. The molecule has 0 atom stereocenters. The summed E-state index contributed by atoms with van der Waals surface area (Å²) in [5.41, 5.74) is 2.46. The summed E-state index contributed by atoms with van der Waals surface area (Å²) in [6.45, 7) is 11.2. The molecule has 6 heteroatoms. The van der Waals surface area contributed by atoms with Crippen molar-refractivity contribution in [2.45, 2.75) is 53.1 Å². The number of rotatable bonds is 5. The van der Waals surface area contributed by atoms with Crippen LogP contribution in [0, 0.1) is 12.8 Å². The number of aryl methyl sites for hydroxylation is 1. The highest BCUT2D eigenvalue weighted by atomic mass is 79.9. The standard InChI is InChI=1S/C20H31BrN4O/c1-5-22-20(23-13-16-6-7-17(21)12-15(16)4)24-18-8-10-25(11-9-18)19(26)14(2)3/h6-7,12,14,18H,5,8-11,13H2,1-4H3,(H2,22,23,24). The van der Waals surface area contributed by atoms with E-state index in [0.29, 0.717) is 12.6 Å². The van der Waals surface area contributed by atoms with Gasteiger partial charge in [-0.05, 0) is 49.9 Å². The van der Waals surface area contributed by atoms with Crippen molar-refractivity contribution in [1.82, 2.24) is 15.5 Å². The van der Waals surface area contributed by atoms with E-state index in [4.69, 9.17) is 4.99 Å². The molecule has 0 unspecified atom stereocenters. The van der Waals surface area contributed by atoms with Crippen LogP contribution in [0.15, 0.2) is 27.7 Å². The smallest absolute Gasteiger partial charge is 0.225 e. The maximum absolute atomic E-state index is 12.1. The van der Waals surface area contributed by atoms with Crippen molar-refractivity contribution in [2.24, 2.45) is 10.9 Å². The fourth-order valence-electron chi connectivity index (χ4n) is 3.12. The third-order valence-corrected chi connectivity index (χ3v) is 5.19. The van der Waals surface area contributed by atoms with E-state index in [0.717, 1.165) is 42.9 Å². The second-order valence-electron chi connectivity index (χ2n) is 7.16. The third-order valence-electron chi connectivity index (χ3n) is 4.70. The molecule has 1 saturated heterocycles. The minimum Gasteiger partial charge on any atom is -0.357 e. The second-order valence-corrected chi connectivity index (χ2v) is 8.08. The fourth-order valence-corrected chi connectivity index (χ4v) is 3.60. The highest BCUT2D eigenvalue weighted by molar-refractivity contribution is 9.10. The molecule has 0 aromatic heterocycles. The summed E-state index contributed by atoms with van der Waals surface area (Å²) in [5, 5.41) is 6.87. The number of likely N-dealkylation sites (tertiary alicyclic amines) is 1. The lowest BCUT2D eigenvalue weighted by Gasteiger charge is -2.34. The van der Waals surface area contributed by atoms with Gasteiger partial charge in [0.15, 0.2) is 5.96 Å². The van der Waals surface area contributed by atoms with Crippen LogP contribution in [0.25, 0.3) is 0 Å². The van der Waals surface area contributed by atoms with Crippen molar-refractivity contribution in [1.29, 1.82) is 0 Å². The van der Waals surface area contributed by atoms with Crippen molar-refractivity contribution >= 4 is 27.8 Å². The zero-order valence-electron chi connectivity index (χ0n) is 16.3. The highest BCUT2D eigenvalue weighted by Crippen LogP contribution is 2.17. The molecule has 1 amide bonds. The number of guanidine groups is 1. The number of carbonyl (C=O) groups excluding carboxylic acids is 1. The molecular formula is C20H31BrN4O. The maximum Gasteiger partial charge on any atom is 0.225 e. The van der Waals surface area contributed by atoms with E-state index in [1.807, 2.05) is 18.7 Å². The van der Waals surface area contributed by atoms with E-state index in [2.05, 4.69) is 58.6 Å². The van der Waals surface area contributed by atoms with Gasteiger partial charge < -0.3 is 15.5 Å². The van der Waals surface area contributed by atoms with Crippen molar-refractivity contribution in [3.05, 3.63) is 33.8 Å². The molecule has 0 bridgehead atoms. The third kappa shape index (κ3) is 6.01. The number of hydrogen-bond donors (Lipinski definition) is 2. The predicted octanol–water partition coefficient (Wildman–Crippen LogP) is 3.46. The van der Waals surface area contributed by atoms with Crippen molar-refractivity contribution in [3.8, 4) is 0 Å². The first-order valence-electron chi connectivity index (χ1n) is 9.49. The minimum atomic E-state index is 0.0764. The highest BCUT2D eigenvalue weighted by Gasteiger charge is 2.24. The zero-order chi connectivity index (χ0) is 19.1. The van der Waals surface area contributed by atoms with Crippen molar-refractivity contribution in [2.75, 3.05) is 19.6 Å². The molecule has 1 heterocycles. The molecule has 0 radical (unpaired) electrons. The number of carbonyl (C=O) groups is 1. The summed E-state index contributed by atoms with van der Waals surface area (Å²) in [6, 6.07) is 6.64. The molecule has 26 heavy (non-hydrogen) atoms. The number of hydrogen-bond acceptors (Lipinski definition) is 2. The van der Waals surface area contributed by atoms with Crippen LogP contribution in [-0.2, 0) is 11.3 Å². The largest absolute Gasteiger partial charge is 0.357 e. The van der Waals surface area contributed by atoms with Gasteiger partial charge in [-0.2, -0.15) is 0 Å². The van der Waals surface area contributed by atoms with Gasteiger partial charge in [0, 0.05) is 36.1 Å². The Morgan fingerprint density at radius 3 is 2.62 bits per heavy atom. The molecule has 1 aliphatic rings.